The molecule has 0 bridgehead atoms. The first-order valence-electron chi connectivity index (χ1n) is 9.65. The number of hydrogen-bond donors (Lipinski definition) is 2. The van der Waals surface area contributed by atoms with E-state index in [0.717, 1.165) is 13.1 Å². The lowest BCUT2D eigenvalue weighted by molar-refractivity contribution is -0.123. The number of carboxylic acid groups (broad SMARTS) is 1. The number of nitrogens with two attached hydrogens (primary N) is 1. The number of piperidine rings is 1. The maximum atomic E-state index is 13.2. The number of nitrogens with zero attached hydrogens (tertiary/aromatic N) is 4. The predicted molar refractivity (Wildman–Crippen MR) is 120 cm³/mol. The topological polar surface area (TPSA) is 122 Å². The van der Waals surface area contributed by atoms with Crippen molar-refractivity contribution in [3.63, 3.8) is 0 Å². The van der Waals surface area contributed by atoms with E-state index in [1.54, 1.807) is 24.3 Å². The molecule has 1 aliphatic heterocycles. The van der Waals surface area contributed by atoms with Crippen molar-refractivity contribution in [2.45, 2.75) is 18.9 Å². The quantitative estimate of drug-likeness (QED) is 0.614. The van der Waals surface area contributed by atoms with E-state index in [1.807, 2.05) is 7.05 Å². The van der Waals surface area contributed by atoms with Gasteiger partial charge in [0.1, 0.15) is 11.9 Å². The van der Waals surface area contributed by atoms with E-state index in [-0.39, 0.29) is 32.5 Å². The molecule has 2 amide bonds. The molecular formula is C20H23BrClN5O4. The van der Waals surface area contributed by atoms with Crippen LogP contribution in [0.3, 0.4) is 0 Å². The van der Waals surface area contributed by atoms with Gasteiger partial charge in [0.25, 0.3) is 5.91 Å². The van der Waals surface area contributed by atoms with Crippen LogP contribution >= 0.6 is 27.5 Å². The Bertz CT molecular complexity index is 1020. The van der Waals surface area contributed by atoms with Gasteiger partial charge in [-0.2, -0.15) is 5.10 Å². The van der Waals surface area contributed by atoms with Crippen LogP contribution in [0, 0.1) is 5.92 Å². The normalized spacial score (nSPS) is 16.1. The number of primary amides is 1. The highest BCUT2D eigenvalue weighted by molar-refractivity contribution is 9.10. The first kappa shape index (κ1) is 23.2. The van der Waals surface area contributed by atoms with Gasteiger partial charge in [-0.25, -0.2) is 9.48 Å². The summed E-state index contributed by atoms with van der Waals surface area (Å²) in [6.45, 7) is 1.54. The Kier molecular flexibility index (Phi) is 7.03. The summed E-state index contributed by atoms with van der Waals surface area (Å²) in [6.07, 6.45) is 1.37. The van der Waals surface area contributed by atoms with Crippen LogP contribution in [0.15, 0.2) is 28.7 Å². The second-order valence-corrected chi connectivity index (χ2v) is 8.77. The van der Waals surface area contributed by atoms with Gasteiger partial charge in [0.15, 0.2) is 5.69 Å². The van der Waals surface area contributed by atoms with Gasteiger partial charge in [0.2, 0.25) is 5.91 Å². The molecule has 0 radical (unpaired) electrons. The van der Waals surface area contributed by atoms with Crippen LogP contribution in [-0.4, -0.2) is 64.8 Å². The number of carboxylic acids is 1. The number of benzene rings is 1. The van der Waals surface area contributed by atoms with Crippen molar-refractivity contribution >= 4 is 51.1 Å². The molecule has 1 unspecified atom stereocenters. The van der Waals surface area contributed by atoms with Gasteiger partial charge in [-0.1, -0.05) is 23.7 Å². The van der Waals surface area contributed by atoms with Crippen molar-refractivity contribution < 1.29 is 19.5 Å². The molecule has 1 fully saturated rings. The summed E-state index contributed by atoms with van der Waals surface area (Å²) >= 11 is 9.44. The fourth-order valence-corrected chi connectivity index (χ4v) is 4.76. The number of halogens is 2. The van der Waals surface area contributed by atoms with E-state index < -0.39 is 23.8 Å². The van der Waals surface area contributed by atoms with E-state index in [2.05, 4.69) is 25.9 Å². The predicted octanol–water partition coefficient (Wildman–Crippen LogP) is 2.64. The molecule has 2 heterocycles. The van der Waals surface area contributed by atoms with Gasteiger partial charge in [-0.15, -0.1) is 0 Å². The molecule has 1 atom stereocenters. The highest BCUT2D eigenvalue weighted by Gasteiger charge is 2.37. The summed E-state index contributed by atoms with van der Waals surface area (Å²) in [7, 11) is 3.46. The van der Waals surface area contributed by atoms with Crippen LogP contribution in [-0.2, 0) is 4.79 Å². The van der Waals surface area contributed by atoms with Crippen LogP contribution in [0.25, 0.3) is 0 Å². The molecule has 1 saturated heterocycles. The molecule has 11 heteroatoms. The van der Waals surface area contributed by atoms with E-state index >= 15 is 0 Å². The summed E-state index contributed by atoms with van der Waals surface area (Å²) in [5.74, 6) is -2.43. The molecule has 2 aromatic rings. The van der Waals surface area contributed by atoms with Crippen molar-refractivity contribution in [2.75, 3.05) is 32.1 Å². The summed E-state index contributed by atoms with van der Waals surface area (Å²) < 4.78 is 1.35. The Hall–Kier alpha value is -2.43. The highest BCUT2D eigenvalue weighted by Crippen LogP contribution is 2.37. The van der Waals surface area contributed by atoms with Gasteiger partial charge in [0.05, 0.1) is 15.1 Å². The van der Waals surface area contributed by atoms with Crippen molar-refractivity contribution in [2.24, 2.45) is 11.7 Å². The lowest BCUT2D eigenvalue weighted by Gasteiger charge is -2.34. The maximum absolute atomic E-state index is 13.2. The Morgan fingerprint density at radius 3 is 2.45 bits per heavy atom. The Morgan fingerprint density at radius 1 is 1.29 bits per heavy atom. The van der Waals surface area contributed by atoms with Gasteiger partial charge in [0, 0.05) is 7.05 Å². The second kappa shape index (κ2) is 9.37. The van der Waals surface area contributed by atoms with Crippen LogP contribution in [0.4, 0.5) is 5.82 Å². The average Bonchev–Trinajstić information content (AvgIpc) is 3.05. The van der Waals surface area contributed by atoms with E-state index in [4.69, 9.17) is 17.3 Å². The fourth-order valence-electron chi connectivity index (χ4n) is 3.85. The van der Waals surface area contributed by atoms with Gasteiger partial charge >= 0.3 is 5.97 Å². The standard InChI is InChI=1S/C20H23BrClN5O4/c1-25-9-7-11(8-10-25)16(17(23)28)27-18(14(21)15(24-27)20(30)31)26(2)19(29)12-5-3-4-6-13(12)22/h3-6,11,16H,7-10H2,1-2H3,(H2,23,28)(H,30,31). The molecular weight excluding hydrogens is 490 g/mol. The number of aromatic carboxylic acids is 1. The van der Waals surface area contributed by atoms with Crippen LogP contribution < -0.4 is 10.6 Å². The minimum atomic E-state index is -1.29. The lowest BCUT2D eigenvalue weighted by atomic mass is 9.89. The number of rotatable bonds is 6. The fraction of sp³-hybridized carbons (Fsp3) is 0.400. The molecule has 0 spiro atoms. The summed E-state index contributed by atoms with van der Waals surface area (Å²) in [5.41, 5.74) is 5.67. The largest absolute Gasteiger partial charge is 0.476 e. The molecule has 1 aliphatic rings. The van der Waals surface area contributed by atoms with Gasteiger partial charge in [-0.3, -0.25) is 14.5 Å². The van der Waals surface area contributed by atoms with Crippen LogP contribution in [0.1, 0.15) is 39.7 Å². The van der Waals surface area contributed by atoms with Crippen molar-refractivity contribution in [3.05, 3.63) is 45.0 Å². The minimum absolute atomic E-state index is 0.0853. The third-order valence-electron chi connectivity index (χ3n) is 5.52. The Morgan fingerprint density at radius 2 is 1.90 bits per heavy atom. The number of hydrogen-bond acceptors (Lipinski definition) is 5. The third kappa shape index (κ3) is 4.60. The first-order valence-corrected chi connectivity index (χ1v) is 10.8. The van der Waals surface area contributed by atoms with Crippen molar-refractivity contribution in [1.82, 2.24) is 14.7 Å². The Balaban J connectivity index is 2.11. The molecule has 3 rings (SSSR count). The van der Waals surface area contributed by atoms with E-state index in [0.29, 0.717) is 12.8 Å². The number of aromatic nitrogens is 2. The number of anilines is 1. The van der Waals surface area contributed by atoms with Gasteiger partial charge in [-0.05, 0) is 67.0 Å². The zero-order valence-corrected chi connectivity index (χ0v) is 19.4. The smallest absolute Gasteiger partial charge is 0.357 e. The zero-order chi connectivity index (χ0) is 22.9. The molecule has 1 aromatic carbocycles. The number of likely N-dealkylation sites (tertiary alicyclic amines) is 1. The monoisotopic (exact) mass is 511 g/mol. The molecule has 31 heavy (non-hydrogen) atoms. The average molecular weight is 513 g/mol. The summed E-state index contributed by atoms with van der Waals surface area (Å²) in [6, 6.07) is 5.62. The molecule has 166 valence electrons. The molecule has 3 N–H and O–H groups in total. The molecule has 0 aliphatic carbocycles. The van der Waals surface area contributed by atoms with Crippen LogP contribution in [0.5, 0.6) is 0 Å². The van der Waals surface area contributed by atoms with Crippen molar-refractivity contribution in [1.29, 1.82) is 0 Å². The van der Waals surface area contributed by atoms with Crippen molar-refractivity contribution in [3.8, 4) is 0 Å². The third-order valence-corrected chi connectivity index (χ3v) is 6.58. The zero-order valence-electron chi connectivity index (χ0n) is 17.1. The summed E-state index contributed by atoms with van der Waals surface area (Å²) in [5, 5.41) is 14.0. The Labute approximate surface area is 192 Å². The minimum Gasteiger partial charge on any atom is -0.476 e. The second-order valence-electron chi connectivity index (χ2n) is 7.57. The number of amides is 2. The summed E-state index contributed by atoms with van der Waals surface area (Å²) in [4.78, 5) is 40.8. The maximum Gasteiger partial charge on any atom is 0.357 e. The van der Waals surface area contributed by atoms with E-state index in [9.17, 15) is 19.5 Å². The molecule has 1 aromatic heterocycles. The first-order chi connectivity index (χ1) is 14.6. The number of carbonyl (C=O) groups excluding carboxylic acids is 2. The molecule has 0 saturated carbocycles. The highest BCUT2D eigenvalue weighted by atomic mass is 79.9. The SMILES string of the molecule is CN1CCC(C(C(N)=O)n2nc(C(=O)O)c(Br)c2N(C)C(=O)c2ccccc2Cl)CC1. The van der Waals surface area contributed by atoms with Gasteiger partial charge < -0.3 is 15.7 Å². The van der Waals surface area contributed by atoms with E-state index in [1.165, 1.54) is 16.6 Å². The molecule has 9 nitrogen and oxygen atoms in total. The van der Waals surface area contributed by atoms with Crippen LogP contribution in [0.2, 0.25) is 5.02 Å². The lowest BCUT2D eigenvalue weighted by Crippen LogP contribution is -2.41. The number of carbonyl (C=O) groups is 3.